The number of nitrogens with zero attached hydrogens (tertiary/aromatic N) is 1. The lowest BCUT2D eigenvalue weighted by Gasteiger charge is -2.18. The molecule has 30 heavy (non-hydrogen) atoms. The number of nitrogens with one attached hydrogen (secondary N) is 2. The van der Waals surface area contributed by atoms with Gasteiger partial charge >= 0.3 is 10.8 Å². The summed E-state index contributed by atoms with van der Waals surface area (Å²) in [5.74, 6) is -0.656. The van der Waals surface area contributed by atoms with Gasteiger partial charge in [0, 0.05) is 12.1 Å². The van der Waals surface area contributed by atoms with Gasteiger partial charge in [-0.1, -0.05) is 23.5 Å². The number of H-pyrrole nitrogens is 1. The predicted molar refractivity (Wildman–Crippen MR) is 110 cm³/mol. The van der Waals surface area contributed by atoms with Gasteiger partial charge < -0.3 is 9.72 Å². The first-order valence-electron chi connectivity index (χ1n) is 8.75. The van der Waals surface area contributed by atoms with E-state index in [4.69, 9.17) is 4.74 Å². The van der Waals surface area contributed by atoms with Gasteiger partial charge in [0.2, 0.25) is 10.0 Å². The lowest BCUT2D eigenvalue weighted by atomic mass is 10.0. The van der Waals surface area contributed by atoms with Gasteiger partial charge in [0.15, 0.2) is 0 Å². The highest BCUT2D eigenvalue weighted by molar-refractivity contribution is 7.89. The number of nitro benzene ring substituents is 1. The average molecular weight is 451 g/mol. The van der Waals surface area contributed by atoms with E-state index in [1.807, 2.05) is 0 Å². The van der Waals surface area contributed by atoms with Crippen LogP contribution in [-0.4, -0.2) is 30.9 Å². The van der Waals surface area contributed by atoms with Crippen LogP contribution < -0.4 is 9.60 Å². The summed E-state index contributed by atoms with van der Waals surface area (Å²) in [7, 11) is -4.12. The number of carbonyl (C=O) groups excluding carboxylic acids is 1. The highest BCUT2D eigenvalue weighted by atomic mass is 32.2. The summed E-state index contributed by atoms with van der Waals surface area (Å²) in [6.45, 7) is 1.72. The summed E-state index contributed by atoms with van der Waals surface area (Å²) in [6, 6.07) is 8.40. The second kappa shape index (κ2) is 8.73. The number of hydrogen-bond donors (Lipinski definition) is 2. The molecule has 0 bridgehead atoms. The van der Waals surface area contributed by atoms with Crippen molar-refractivity contribution in [1.29, 1.82) is 0 Å². The highest BCUT2D eigenvalue weighted by Crippen LogP contribution is 2.26. The van der Waals surface area contributed by atoms with Crippen LogP contribution in [0.3, 0.4) is 0 Å². The van der Waals surface area contributed by atoms with Gasteiger partial charge in [0.05, 0.1) is 39.1 Å². The van der Waals surface area contributed by atoms with Gasteiger partial charge in [-0.25, -0.2) is 13.1 Å². The van der Waals surface area contributed by atoms with E-state index in [-0.39, 0.29) is 34.0 Å². The first kappa shape index (κ1) is 21.6. The van der Waals surface area contributed by atoms with Crippen molar-refractivity contribution in [1.82, 2.24) is 9.71 Å². The number of esters is 1. The minimum Gasteiger partial charge on any atom is -0.466 e. The van der Waals surface area contributed by atoms with E-state index in [1.54, 1.807) is 6.92 Å². The van der Waals surface area contributed by atoms with Crippen LogP contribution >= 0.6 is 11.3 Å². The smallest absolute Gasteiger partial charge is 0.307 e. The summed E-state index contributed by atoms with van der Waals surface area (Å²) in [5, 5.41) is 11.1. The van der Waals surface area contributed by atoms with Crippen LogP contribution in [0.25, 0.3) is 10.2 Å². The number of thiazole rings is 1. The number of fused-ring (bicyclic) bond motifs is 1. The van der Waals surface area contributed by atoms with E-state index in [0.717, 1.165) is 11.3 Å². The number of non-ortho nitro benzene ring substituents is 1. The minimum atomic E-state index is -4.12. The number of nitro groups is 1. The van der Waals surface area contributed by atoms with E-state index in [1.165, 1.54) is 42.5 Å². The third-order valence-electron chi connectivity index (χ3n) is 4.16. The first-order valence-corrected chi connectivity index (χ1v) is 11.0. The van der Waals surface area contributed by atoms with Crippen LogP contribution in [0.4, 0.5) is 5.69 Å². The molecule has 1 heterocycles. The third-order valence-corrected chi connectivity index (χ3v) is 6.47. The van der Waals surface area contributed by atoms with E-state index in [0.29, 0.717) is 10.2 Å². The molecule has 0 saturated carbocycles. The molecule has 0 unspecified atom stereocenters. The fourth-order valence-electron chi connectivity index (χ4n) is 2.82. The zero-order chi connectivity index (χ0) is 21.9. The Morgan fingerprint density at radius 2 is 2.07 bits per heavy atom. The maximum atomic E-state index is 12.9. The van der Waals surface area contributed by atoms with Crippen LogP contribution in [-0.2, 0) is 19.6 Å². The quantitative estimate of drug-likeness (QED) is 0.303. The Labute approximate surface area is 174 Å². The van der Waals surface area contributed by atoms with E-state index in [9.17, 15) is 28.1 Å². The number of benzene rings is 2. The highest BCUT2D eigenvalue weighted by Gasteiger charge is 2.26. The molecule has 0 radical (unpaired) electrons. The molecule has 10 nitrogen and oxygen atoms in total. The normalized spacial score (nSPS) is 12.6. The Morgan fingerprint density at radius 3 is 2.77 bits per heavy atom. The van der Waals surface area contributed by atoms with E-state index < -0.39 is 27.0 Å². The lowest BCUT2D eigenvalue weighted by molar-refractivity contribution is -0.384. The molecule has 1 atom stereocenters. The van der Waals surface area contributed by atoms with Crippen molar-refractivity contribution in [3.8, 4) is 0 Å². The Morgan fingerprint density at radius 1 is 1.30 bits per heavy atom. The van der Waals surface area contributed by atoms with Crippen LogP contribution in [0.2, 0.25) is 0 Å². The molecule has 3 rings (SSSR count). The second-order valence-corrected chi connectivity index (χ2v) is 8.94. The molecule has 0 fully saturated rings. The fourth-order valence-corrected chi connectivity index (χ4v) is 4.92. The monoisotopic (exact) mass is 451 g/mol. The third kappa shape index (κ3) is 4.90. The number of rotatable bonds is 8. The molecular formula is C18H17N3O7S2. The molecule has 0 saturated heterocycles. The number of ether oxygens (including phenoxy) is 1. The minimum absolute atomic E-state index is 0.107. The second-order valence-electron chi connectivity index (χ2n) is 6.21. The van der Waals surface area contributed by atoms with Gasteiger partial charge in [0.1, 0.15) is 0 Å². The summed E-state index contributed by atoms with van der Waals surface area (Å²) in [6.07, 6.45) is -0.353. The number of hydrogen-bond acceptors (Lipinski definition) is 8. The molecule has 2 aromatic carbocycles. The summed E-state index contributed by atoms with van der Waals surface area (Å²) in [4.78, 5) is 36.1. The number of aromatic amines is 1. The van der Waals surface area contributed by atoms with E-state index in [2.05, 4.69) is 9.71 Å². The molecule has 2 N–H and O–H groups in total. The zero-order valence-corrected chi connectivity index (χ0v) is 17.3. The van der Waals surface area contributed by atoms with Gasteiger partial charge in [0.25, 0.3) is 5.69 Å². The Kier molecular flexibility index (Phi) is 6.29. The lowest BCUT2D eigenvalue weighted by Crippen LogP contribution is -2.30. The van der Waals surface area contributed by atoms with Crippen molar-refractivity contribution < 1.29 is 22.9 Å². The molecule has 0 aliphatic heterocycles. The molecule has 1 aromatic heterocycles. The standard InChI is InChI=1S/C18H17N3O7S2/c1-2-28-17(22)10-15(11-4-3-5-12(8-11)21(24)25)20-30(26,27)13-6-7-14-16(9-13)29-18(23)19-14/h3-9,15,20H,2,10H2,1H3,(H,19,23)/t15-/m1/s1. The number of carbonyl (C=O) groups is 1. The van der Waals surface area contributed by atoms with Crippen molar-refractivity contribution in [2.24, 2.45) is 0 Å². The summed E-state index contributed by atoms with van der Waals surface area (Å²) < 4.78 is 33.7. The van der Waals surface area contributed by atoms with Crippen molar-refractivity contribution >= 4 is 43.2 Å². The van der Waals surface area contributed by atoms with Crippen LogP contribution in [0.5, 0.6) is 0 Å². The largest absolute Gasteiger partial charge is 0.466 e. The van der Waals surface area contributed by atoms with Gasteiger partial charge in [-0.3, -0.25) is 19.7 Å². The van der Waals surface area contributed by atoms with Gasteiger partial charge in [-0.2, -0.15) is 0 Å². The van der Waals surface area contributed by atoms with Gasteiger partial charge in [-0.05, 0) is 30.7 Å². The maximum absolute atomic E-state index is 12.9. The SMILES string of the molecule is CCOC(=O)C[C@@H](NS(=O)(=O)c1ccc2[nH]c(=O)sc2c1)c1cccc([N+](=O)[O-])c1. The predicted octanol–water partition coefficient (Wildman–Crippen LogP) is 2.47. The molecular weight excluding hydrogens is 434 g/mol. The number of sulfonamides is 1. The Hall–Kier alpha value is -3.09. The molecule has 3 aromatic rings. The maximum Gasteiger partial charge on any atom is 0.307 e. The van der Waals surface area contributed by atoms with Crippen LogP contribution in [0.1, 0.15) is 24.9 Å². The molecule has 0 aliphatic carbocycles. The van der Waals surface area contributed by atoms with E-state index >= 15 is 0 Å². The Bertz CT molecular complexity index is 1260. The van der Waals surface area contributed by atoms with Crippen LogP contribution in [0.15, 0.2) is 52.2 Å². The summed E-state index contributed by atoms with van der Waals surface area (Å²) >= 11 is 0.868. The van der Waals surface area contributed by atoms with Crippen molar-refractivity contribution in [3.05, 3.63) is 67.8 Å². The van der Waals surface area contributed by atoms with Crippen molar-refractivity contribution in [3.63, 3.8) is 0 Å². The van der Waals surface area contributed by atoms with Gasteiger partial charge in [-0.15, -0.1) is 0 Å². The van der Waals surface area contributed by atoms with Crippen molar-refractivity contribution in [2.45, 2.75) is 24.3 Å². The topological polar surface area (TPSA) is 148 Å². The summed E-state index contributed by atoms with van der Waals surface area (Å²) in [5.41, 5.74) is 0.512. The fraction of sp³-hybridized carbons (Fsp3) is 0.222. The average Bonchev–Trinajstić information content (AvgIpc) is 3.06. The molecule has 158 valence electrons. The molecule has 0 aliphatic rings. The zero-order valence-electron chi connectivity index (χ0n) is 15.7. The first-order chi connectivity index (χ1) is 14.2. The molecule has 0 spiro atoms. The van der Waals surface area contributed by atoms with Crippen molar-refractivity contribution in [2.75, 3.05) is 6.61 Å². The number of aromatic nitrogens is 1. The molecule has 0 amide bonds. The molecule has 12 heteroatoms. The van der Waals surface area contributed by atoms with Crippen LogP contribution in [0, 0.1) is 10.1 Å². The Balaban J connectivity index is 1.97.